The van der Waals surface area contributed by atoms with Crippen molar-refractivity contribution in [3.05, 3.63) is 41.4 Å². The molecule has 1 aliphatic heterocycles. The molecule has 80 valence electrons. The summed E-state index contributed by atoms with van der Waals surface area (Å²) < 4.78 is 12.7. The molecule has 0 saturated heterocycles. The van der Waals surface area contributed by atoms with Gasteiger partial charge in [0, 0.05) is 5.70 Å². The first-order chi connectivity index (χ1) is 7.70. The molecule has 0 spiro atoms. The Bertz CT molecular complexity index is 496. The average molecular weight is 216 g/mol. The van der Waals surface area contributed by atoms with Crippen LogP contribution in [0.3, 0.4) is 0 Å². The lowest BCUT2D eigenvalue weighted by Crippen LogP contribution is -2.27. The molecule has 0 atom stereocenters. The second kappa shape index (κ2) is 4.03. The molecule has 1 aromatic carbocycles. The number of benzene rings is 1. The summed E-state index contributed by atoms with van der Waals surface area (Å²) in [4.78, 5) is 0. The van der Waals surface area contributed by atoms with Crippen molar-refractivity contribution in [3.63, 3.8) is 0 Å². The third kappa shape index (κ3) is 1.86. The molecule has 2 rings (SSSR count). The van der Waals surface area contributed by atoms with E-state index in [4.69, 9.17) is 11.0 Å². The van der Waals surface area contributed by atoms with E-state index in [0.29, 0.717) is 17.8 Å². The molecule has 5 heteroatoms. The molecule has 1 aromatic rings. The molecule has 2 N–H and O–H groups in total. The molecular weight excluding hydrogens is 207 g/mol. The van der Waals surface area contributed by atoms with Gasteiger partial charge in [-0.15, -0.1) is 0 Å². The van der Waals surface area contributed by atoms with Crippen LogP contribution in [0.15, 0.2) is 40.6 Å². The van der Waals surface area contributed by atoms with Gasteiger partial charge < -0.3 is 5.73 Å². The van der Waals surface area contributed by atoms with E-state index in [0.717, 1.165) is 5.69 Å². The van der Waals surface area contributed by atoms with Gasteiger partial charge in [0.05, 0.1) is 24.0 Å². The SMILES string of the molecule is N#CC1=C(N)CN(c2ccc(F)cc2)N=C1. The summed E-state index contributed by atoms with van der Waals surface area (Å²) in [5.74, 6) is -0.300. The lowest BCUT2D eigenvalue weighted by molar-refractivity contribution is 0.627. The van der Waals surface area contributed by atoms with E-state index in [1.165, 1.54) is 18.3 Å². The van der Waals surface area contributed by atoms with Gasteiger partial charge in [0.15, 0.2) is 0 Å². The van der Waals surface area contributed by atoms with E-state index in [1.807, 2.05) is 6.07 Å². The molecule has 1 aliphatic rings. The Kier molecular flexibility index (Phi) is 2.56. The van der Waals surface area contributed by atoms with Crippen molar-refractivity contribution >= 4 is 11.9 Å². The summed E-state index contributed by atoms with van der Waals surface area (Å²) in [6.45, 7) is 0.338. The maximum atomic E-state index is 12.7. The zero-order valence-electron chi connectivity index (χ0n) is 8.39. The molecule has 1 heterocycles. The van der Waals surface area contributed by atoms with Gasteiger partial charge in [-0.1, -0.05) is 0 Å². The summed E-state index contributed by atoms with van der Waals surface area (Å²) in [5.41, 5.74) is 7.26. The number of halogens is 1. The van der Waals surface area contributed by atoms with Gasteiger partial charge in [-0.25, -0.2) is 4.39 Å². The van der Waals surface area contributed by atoms with E-state index in [-0.39, 0.29) is 5.82 Å². The smallest absolute Gasteiger partial charge is 0.123 e. The maximum absolute atomic E-state index is 12.7. The number of hydrazone groups is 1. The fraction of sp³-hybridized carbons (Fsp3) is 0.0909. The Morgan fingerprint density at radius 3 is 2.62 bits per heavy atom. The first-order valence-electron chi connectivity index (χ1n) is 4.66. The predicted octanol–water partition coefficient (Wildman–Crippen LogP) is 1.37. The third-order valence-corrected chi connectivity index (χ3v) is 2.24. The van der Waals surface area contributed by atoms with E-state index in [9.17, 15) is 4.39 Å². The molecule has 0 amide bonds. The van der Waals surface area contributed by atoms with Crippen LogP contribution in [-0.4, -0.2) is 12.8 Å². The Hall–Kier alpha value is -2.35. The molecule has 0 bridgehead atoms. The van der Waals surface area contributed by atoms with E-state index < -0.39 is 0 Å². The Morgan fingerprint density at radius 1 is 1.38 bits per heavy atom. The Morgan fingerprint density at radius 2 is 2.06 bits per heavy atom. The number of nitrogens with two attached hydrogens (primary N) is 1. The summed E-state index contributed by atoms with van der Waals surface area (Å²) >= 11 is 0. The number of allylic oxidation sites excluding steroid dienone is 1. The minimum Gasteiger partial charge on any atom is -0.399 e. The molecule has 0 aliphatic carbocycles. The highest BCUT2D eigenvalue weighted by Crippen LogP contribution is 2.18. The number of hydrogen-bond acceptors (Lipinski definition) is 4. The van der Waals surface area contributed by atoms with Crippen molar-refractivity contribution in [3.8, 4) is 6.07 Å². The van der Waals surface area contributed by atoms with Gasteiger partial charge in [0.1, 0.15) is 11.9 Å². The highest BCUT2D eigenvalue weighted by molar-refractivity contribution is 5.86. The minimum atomic E-state index is -0.300. The van der Waals surface area contributed by atoms with Crippen LogP contribution in [0, 0.1) is 17.1 Å². The van der Waals surface area contributed by atoms with Crippen LogP contribution in [0.25, 0.3) is 0 Å². The second-order valence-corrected chi connectivity index (χ2v) is 3.33. The van der Waals surface area contributed by atoms with Crippen LogP contribution in [0.1, 0.15) is 0 Å². The minimum absolute atomic E-state index is 0.300. The molecule has 0 aromatic heterocycles. The predicted molar refractivity (Wildman–Crippen MR) is 59.1 cm³/mol. The van der Waals surface area contributed by atoms with Crippen molar-refractivity contribution in [1.29, 1.82) is 5.26 Å². The molecular formula is C11H9FN4. The fourth-order valence-electron chi connectivity index (χ4n) is 1.37. The van der Waals surface area contributed by atoms with Gasteiger partial charge >= 0.3 is 0 Å². The van der Waals surface area contributed by atoms with Crippen molar-refractivity contribution in [1.82, 2.24) is 0 Å². The lowest BCUT2D eigenvalue weighted by atomic mass is 10.2. The summed E-state index contributed by atoms with van der Waals surface area (Å²) in [5, 5.41) is 14.4. The van der Waals surface area contributed by atoms with Crippen LogP contribution >= 0.6 is 0 Å². The Balaban J connectivity index is 2.23. The van der Waals surface area contributed by atoms with Gasteiger partial charge in [-0.05, 0) is 24.3 Å². The van der Waals surface area contributed by atoms with Gasteiger partial charge in [0.2, 0.25) is 0 Å². The highest BCUT2D eigenvalue weighted by atomic mass is 19.1. The maximum Gasteiger partial charge on any atom is 0.123 e. The third-order valence-electron chi connectivity index (χ3n) is 2.24. The summed E-state index contributed by atoms with van der Waals surface area (Å²) in [6.07, 6.45) is 1.40. The number of hydrogen-bond donors (Lipinski definition) is 1. The van der Waals surface area contributed by atoms with E-state index in [1.54, 1.807) is 17.1 Å². The van der Waals surface area contributed by atoms with Gasteiger partial charge in [-0.2, -0.15) is 10.4 Å². The number of anilines is 1. The summed E-state index contributed by atoms with van der Waals surface area (Å²) in [7, 11) is 0. The van der Waals surface area contributed by atoms with Crippen LogP contribution < -0.4 is 10.7 Å². The lowest BCUT2D eigenvalue weighted by Gasteiger charge is -2.22. The van der Waals surface area contributed by atoms with Crippen LogP contribution in [0.5, 0.6) is 0 Å². The standard InChI is InChI=1S/C11H9FN4/c12-9-1-3-10(4-2-9)16-7-11(14)8(5-13)6-15-16/h1-4,6H,7,14H2. The molecule has 4 nitrogen and oxygen atoms in total. The van der Waals surface area contributed by atoms with E-state index in [2.05, 4.69) is 5.10 Å². The number of nitrogens with zero attached hydrogens (tertiary/aromatic N) is 3. The zero-order chi connectivity index (χ0) is 11.5. The largest absolute Gasteiger partial charge is 0.399 e. The zero-order valence-corrected chi connectivity index (χ0v) is 8.39. The monoisotopic (exact) mass is 216 g/mol. The van der Waals surface area contributed by atoms with Crippen LogP contribution in [0.2, 0.25) is 0 Å². The number of nitriles is 1. The van der Waals surface area contributed by atoms with Gasteiger partial charge in [-0.3, -0.25) is 5.01 Å². The summed E-state index contributed by atoms with van der Waals surface area (Å²) in [6, 6.07) is 7.87. The first kappa shape index (κ1) is 10.2. The van der Waals surface area contributed by atoms with Crippen LogP contribution in [0.4, 0.5) is 10.1 Å². The normalized spacial score (nSPS) is 15.1. The topological polar surface area (TPSA) is 65.4 Å². The molecule has 0 radical (unpaired) electrons. The van der Waals surface area contributed by atoms with Crippen molar-refractivity contribution in [2.45, 2.75) is 0 Å². The second-order valence-electron chi connectivity index (χ2n) is 3.33. The average Bonchev–Trinajstić information content (AvgIpc) is 2.30. The van der Waals surface area contributed by atoms with Gasteiger partial charge in [0.25, 0.3) is 0 Å². The molecule has 0 saturated carbocycles. The molecule has 16 heavy (non-hydrogen) atoms. The van der Waals surface area contributed by atoms with Crippen molar-refractivity contribution < 1.29 is 4.39 Å². The quantitative estimate of drug-likeness (QED) is 0.771. The molecule has 0 unspecified atom stereocenters. The number of rotatable bonds is 1. The fourth-order valence-corrected chi connectivity index (χ4v) is 1.37. The first-order valence-corrected chi connectivity index (χ1v) is 4.66. The van der Waals surface area contributed by atoms with Crippen molar-refractivity contribution in [2.24, 2.45) is 10.8 Å². The van der Waals surface area contributed by atoms with Crippen LogP contribution in [-0.2, 0) is 0 Å². The van der Waals surface area contributed by atoms with E-state index >= 15 is 0 Å². The van der Waals surface area contributed by atoms with Crippen molar-refractivity contribution in [2.75, 3.05) is 11.6 Å². The Labute approximate surface area is 92.1 Å². The molecule has 0 fully saturated rings. The highest BCUT2D eigenvalue weighted by Gasteiger charge is 2.13.